The molecule has 1 aromatic carbocycles. The van der Waals surface area contributed by atoms with E-state index in [2.05, 4.69) is 17.1 Å². The molecule has 0 fully saturated rings. The van der Waals surface area contributed by atoms with Crippen molar-refractivity contribution < 1.29 is 0 Å². The van der Waals surface area contributed by atoms with Crippen LogP contribution in [0.15, 0.2) is 48.5 Å². The summed E-state index contributed by atoms with van der Waals surface area (Å²) >= 11 is 0. The number of hydrogen-bond donors (Lipinski definition) is 1. The second-order valence-corrected chi connectivity index (χ2v) is 3.50. The number of rotatable bonds is 3. The van der Waals surface area contributed by atoms with E-state index in [-0.39, 0.29) is 12.4 Å². The summed E-state index contributed by atoms with van der Waals surface area (Å²) in [7, 11) is 0. The predicted molar refractivity (Wildman–Crippen MR) is 74.7 cm³/mol. The quantitative estimate of drug-likeness (QED) is 0.904. The average Bonchev–Trinajstić information content (AvgIpc) is 2.38. The molecule has 2 rings (SSSR count). The van der Waals surface area contributed by atoms with Gasteiger partial charge in [-0.3, -0.25) is 4.98 Å². The van der Waals surface area contributed by atoms with E-state index in [1.54, 1.807) is 0 Å². The summed E-state index contributed by atoms with van der Waals surface area (Å²) in [6, 6.07) is 16.0. The number of pyridine rings is 1. The second kappa shape index (κ2) is 6.84. The van der Waals surface area contributed by atoms with Gasteiger partial charge in [-0.25, -0.2) is 0 Å². The minimum atomic E-state index is 0. The first-order chi connectivity index (χ1) is 7.88. The molecule has 0 amide bonds. The van der Waals surface area contributed by atoms with Crippen molar-refractivity contribution in [3.8, 4) is 0 Å². The minimum Gasteiger partial charge on any atom is -0.325 e. The van der Waals surface area contributed by atoms with Crippen LogP contribution in [0.1, 0.15) is 17.0 Å². The summed E-state index contributed by atoms with van der Waals surface area (Å²) in [6.45, 7) is 0.479. The zero-order valence-electron chi connectivity index (χ0n) is 9.41. The molecule has 0 radical (unpaired) electrons. The Bertz CT molecular complexity index is 481. The van der Waals surface area contributed by atoms with Gasteiger partial charge in [0.25, 0.3) is 0 Å². The number of halogens is 1. The SMILES string of the molecule is Cl.NCc1cccc(C=Cc2ccccc2)n1. The van der Waals surface area contributed by atoms with Gasteiger partial charge in [0.05, 0.1) is 11.4 Å². The van der Waals surface area contributed by atoms with E-state index < -0.39 is 0 Å². The molecule has 88 valence electrons. The number of aromatic nitrogens is 1. The maximum Gasteiger partial charge on any atom is 0.0633 e. The van der Waals surface area contributed by atoms with Gasteiger partial charge in [-0.2, -0.15) is 0 Å². The van der Waals surface area contributed by atoms with Gasteiger partial charge in [-0.05, 0) is 23.8 Å². The Hall–Kier alpha value is -1.64. The van der Waals surface area contributed by atoms with Crippen molar-refractivity contribution in [2.45, 2.75) is 6.54 Å². The molecule has 0 unspecified atom stereocenters. The normalized spacial score (nSPS) is 10.2. The van der Waals surface area contributed by atoms with E-state index in [0.29, 0.717) is 6.54 Å². The first kappa shape index (κ1) is 13.4. The van der Waals surface area contributed by atoms with Gasteiger partial charge < -0.3 is 5.73 Å². The zero-order valence-corrected chi connectivity index (χ0v) is 10.2. The van der Waals surface area contributed by atoms with Crippen molar-refractivity contribution in [1.82, 2.24) is 4.98 Å². The molecule has 0 atom stereocenters. The fourth-order valence-electron chi connectivity index (χ4n) is 1.45. The van der Waals surface area contributed by atoms with Crippen LogP contribution in [0.5, 0.6) is 0 Å². The lowest BCUT2D eigenvalue weighted by Crippen LogP contribution is -1.99. The maximum atomic E-state index is 5.54. The predicted octanol–water partition coefficient (Wildman–Crippen LogP) is 3.13. The molecule has 2 aromatic rings. The van der Waals surface area contributed by atoms with E-state index in [1.807, 2.05) is 48.6 Å². The van der Waals surface area contributed by atoms with Crippen LogP contribution < -0.4 is 5.73 Å². The summed E-state index contributed by atoms with van der Waals surface area (Å²) in [5.74, 6) is 0. The number of nitrogens with two attached hydrogens (primary N) is 1. The lowest BCUT2D eigenvalue weighted by molar-refractivity contribution is 0.985. The Balaban J connectivity index is 0.00000144. The van der Waals surface area contributed by atoms with Crippen LogP contribution in [-0.2, 0) is 6.54 Å². The molecule has 0 aliphatic heterocycles. The van der Waals surface area contributed by atoms with Crippen LogP contribution in [0, 0.1) is 0 Å². The summed E-state index contributed by atoms with van der Waals surface area (Å²) in [5.41, 5.74) is 8.56. The van der Waals surface area contributed by atoms with Gasteiger partial charge in [-0.1, -0.05) is 42.5 Å². The molecule has 0 bridgehead atoms. The third-order valence-electron chi connectivity index (χ3n) is 2.28. The third-order valence-corrected chi connectivity index (χ3v) is 2.28. The summed E-state index contributed by atoms with van der Waals surface area (Å²) in [5, 5.41) is 0. The summed E-state index contributed by atoms with van der Waals surface area (Å²) in [6.07, 6.45) is 4.04. The van der Waals surface area contributed by atoms with Gasteiger partial charge in [0.1, 0.15) is 0 Å². The van der Waals surface area contributed by atoms with Gasteiger partial charge >= 0.3 is 0 Å². The monoisotopic (exact) mass is 246 g/mol. The Labute approximate surface area is 108 Å². The third kappa shape index (κ3) is 4.02. The van der Waals surface area contributed by atoms with Crippen LogP contribution in [0.3, 0.4) is 0 Å². The van der Waals surface area contributed by atoms with Crippen LogP contribution in [0.25, 0.3) is 12.2 Å². The van der Waals surface area contributed by atoms with Crippen molar-refractivity contribution in [3.05, 3.63) is 65.5 Å². The largest absolute Gasteiger partial charge is 0.325 e. The molecule has 17 heavy (non-hydrogen) atoms. The van der Waals surface area contributed by atoms with E-state index in [1.165, 1.54) is 5.56 Å². The Kier molecular flexibility index (Phi) is 5.40. The topological polar surface area (TPSA) is 38.9 Å². The number of nitrogens with zero attached hydrogens (tertiary/aromatic N) is 1. The molecule has 0 aliphatic rings. The lowest BCUT2D eigenvalue weighted by atomic mass is 10.2. The van der Waals surface area contributed by atoms with Crippen LogP contribution in [0.2, 0.25) is 0 Å². The smallest absolute Gasteiger partial charge is 0.0633 e. The van der Waals surface area contributed by atoms with Gasteiger partial charge in [0.2, 0.25) is 0 Å². The van der Waals surface area contributed by atoms with Gasteiger partial charge in [0, 0.05) is 6.54 Å². The summed E-state index contributed by atoms with van der Waals surface area (Å²) < 4.78 is 0. The molecule has 0 aliphatic carbocycles. The van der Waals surface area contributed by atoms with Crippen molar-refractivity contribution in [2.75, 3.05) is 0 Å². The molecule has 1 aromatic heterocycles. The fourth-order valence-corrected chi connectivity index (χ4v) is 1.45. The minimum absolute atomic E-state index is 0. The highest BCUT2D eigenvalue weighted by Gasteiger charge is 1.92. The van der Waals surface area contributed by atoms with Crippen molar-refractivity contribution in [1.29, 1.82) is 0 Å². The molecule has 2 N–H and O–H groups in total. The van der Waals surface area contributed by atoms with Crippen LogP contribution in [0.4, 0.5) is 0 Å². The molecule has 2 nitrogen and oxygen atoms in total. The number of hydrogen-bond acceptors (Lipinski definition) is 2. The maximum absolute atomic E-state index is 5.54. The molecule has 0 saturated heterocycles. The molecule has 3 heteroatoms. The Morgan fingerprint density at radius 1 is 0.941 bits per heavy atom. The fraction of sp³-hybridized carbons (Fsp3) is 0.0714. The zero-order chi connectivity index (χ0) is 11.2. The van der Waals surface area contributed by atoms with Crippen molar-refractivity contribution >= 4 is 24.6 Å². The van der Waals surface area contributed by atoms with Gasteiger partial charge in [-0.15, -0.1) is 12.4 Å². The molecule has 1 heterocycles. The standard InChI is InChI=1S/C14H14N2.ClH/c15-11-14-8-4-7-13(16-14)10-9-12-5-2-1-3-6-12;/h1-10H,11,15H2;1H. The highest BCUT2D eigenvalue weighted by molar-refractivity contribution is 5.85. The molecular weight excluding hydrogens is 232 g/mol. The summed E-state index contributed by atoms with van der Waals surface area (Å²) in [4.78, 5) is 4.39. The number of benzene rings is 1. The first-order valence-electron chi connectivity index (χ1n) is 5.27. The second-order valence-electron chi connectivity index (χ2n) is 3.50. The van der Waals surface area contributed by atoms with E-state index >= 15 is 0 Å². The van der Waals surface area contributed by atoms with E-state index in [9.17, 15) is 0 Å². The Morgan fingerprint density at radius 2 is 1.71 bits per heavy atom. The Morgan fingerprint density at radius 3 is 2.41 bits per heavy atom. The highest BCUT2D eigenvalue weighted by atomic mass is 35.5. The van der Waals surface area contributed by atoms with Crippen LogP contribution >= 0.6 is 12.4 Å². The van der Waals surface area contributed by atoms with Crippen molar-refractivity contribution in [2.24, 2.45) is 5.73 Å². The molecule has 0 spiro atoms. The van der Waals surface area contributed by atoms with Gasteiger partial charge in [0.15, 0.2) is 0 Å². The first-order valence-corrected chi connectivity index (χ1v) is 5.27. The molecular formula is C14H15ClN2. The van der Waals surface area contributed by atoms with E-state index in [4.69, 9.17) is 5.73 Å². The average molecular weight is 247 g/mol. The lowest BCUT2D eigenvalue weighted by Gasteiger charge is -1.97. The van der Waals surface area contributed by atoms with E-state index in [0.717, 1.165) is 11.4 Å². The van der Waals surface area contributed by atoms with Crippen LogP contribution in [-0.4, -0.2) is 4.98 Å². The highest BCUT2D eigenvalue weighted by Crippen LogP contribution is 2.06. The van der Waals surface area contributed by atoms with Crippen molar-refractivity contribution in [3.63, 3.8) is 0 Å². The molecule has 0 saturated carbocycles.